The van der Waals surface area contributed by atoms with Crippen LogP contribution >= 0.6 is 15.9 Å². The van der Waals surface area contributed by atoms with E-state index in [1.54, 1.807) is 0 Å². The Hall–Kier alpha value is 2.85. The van der Waals surface area contributed by atoms with Gasteiger partial charge in [0, 0.05) is 6.54 Å². The fourth-order valence-electron chi connectivity index (χ4n) is 1.10. The maximum Gasteiger partial charge on any atom is 1.00 e. The van der Waals surface area contributed by atoms with Crippen molar-refractivity contribution in [3.05, 3.63) is 0 Å². The van der Waals surface area contributed by atoms with Crippen molar-refractivity contribution < 1.29 is 133 Å². The number of ether oxygens (including phenoxy) is 1. The molecule has 0 saturated carbocycles. The minimum atomic E-state index is -5.95. The first-order valence-corrected chi connectivity index (χ1v) is 8.25. The molecule has 10 nitrogen and oxygen atoms in total. The molecule has 0 aromatic carbocycles. The number of hydrogen-bond acceptors (Lipinski definition) is 10. The topological polar surface area (TPSA) is 198 Å². The van der Waals surface area contributed by atoms with E-state index in [9.17, 15) is 29.8 Å². The zero-order valence-electron chi connectivity index (χ0n) is 13.0. The van der Waals surface area contributed by atoms with E-state index in [1.165, 1.54) is 6.92 Å². The molecule has 0 fully saturated rings. The second-order valence-corrected chi connectivity index (χ2v) is 7.42. The number of aliphatic imine (C=N–C) groups is 1. The maximum absolute atomic E-state index is 10.9. The van der Waals surface area contributed by atoms with Crippen LogP contribution in [0.25, 0.3) is 0 Å². The molecule has 0 bridgehead atoms. The van der Waals surface area contributed by atoms with Crippen LogP contribution in [0.1, 0.15) is 19.8 Å². The summed E-state index contributed by atoms with van der Waals surface area (Å²) in [5, 5.41) is 16.4. The standard InChI is InChI=1S/C7H17NO9P2.3Na/c1-2-17-6(9)8-5-3-4-7(10,18(11,12)13)19(14,15)16;;;/h10H,2-5H2,1H3,(H,8,9)(H2,11,12,13)(H2,14,15,16);;;/q;3*+1/p-3. The van der Waals surface area contributed by atoms with Crippen molar-refractivity contribution in [1.82, 2.24) is 0 Å². The third-order valence-corrected chi connectivity index (χ3v) is 5.86. The van der Waals surface area contributed by atoms with Crippen molar-refractivity contribution >= 4 is 22.0 Å². The van der Waals surface area contributed by atoms with Crippen molar-refractivity contribution in [1.29, 1.82) is 0 Å². The summed E-state index contributed by atoms with van der Waals surface area (Å²) >= 11 is 0. The van der Waals surface area contributed by atoms with E-state index in [-0.39, 0.29) is 102 Å². The summed E-state index contributed by atoms with van der Waals surface area (Å²) in [6.45, 7) is 1.26. The van der Waals surface area contributed by atoms with E-state index in [0.29, 0.717) is 0 Å². The van der Waals surface area contributed by atoms with Crippen LogP contribution in [0.2, 0.25) is 0 Å². The molecule has 0 aliphatic heterocycles. The van der Waals surface area contributed by atoms with Gasteiger partial charge in [-0.05, 0) is 13.0 Å². The first-order valence-electron chi connectivity index (χ1n) is 5.10. The second kappa shape index (κ2) is 14.0. The number of rotatable bonds is 7. The van der Waals surface area contributed by atoms with Gasteiger partial charge in [-0.25, -0.2) is 9.79 Å². The molecule has 3 N–H and O–H groups in total. The number of hydrogen-bond donors (Lipinski definition) is 3. The number of nitrogens with zero attached hydrogens (tertiary/aromatic N) is 1. The van der Waals surface area contributed by atoms with Crippen LogP contribution in [0, 0.1) is 0 Å². The van der Waals surface area contributed by atoms with Gasteiger partial charge in [-0.2, -0.15) is 0 Å². The molecule has 1 atom stereocenters. The molecule has 0 aromatic rings. The van der Waals surface area contributed by atoms with Crippen molar-refractivity contribution in [2.75, 3.05) is 13.2 Å². The monoisotopic (exact) mass is 387 g/mol. The number of aliphatic hydroxyl groups is 1. The van der Waals surface area contributed by atoms with Crippen LogP contribution in [-0.4, -0.2) is 39.2 Å². The van der Waals surface area contributed by atoms with Crippen LogP contribution in [0.4, 0.5) is 0 Å². The van der Waals surface area contributed by atoms with E-state index < -0.39 is 39.9 Å². The van der Waals surface area contributed by atoms with Crippen LogP contribution < -0.4 is 113 Å². The zero-order chi connectivity index (χ0) is 15.3. The van der Waals surface area contributed by atoms with Crippen LogP contribution in [0.3, 0.4) is 0 Å². The van der Waals surface area contributed by atoms with Gasteiger partial charge in [-0.1, -0.05) is 14.9 Å². The minimum absolute atomic E-state index is 0. The van der Waals surface area contributed by atoms with Gasteiger partial charge in [0.15, 0.2) is 0 Å². The molecule has 1 unspecified atom stereocenters. The van der Waals surface area contributed by atoms with Crippen molar-refractivity contribution in [3.8, 4) is 0 Å². The fraction of sp³-hybridized carbons (Fsp3) is 0.857. The molecular formula is C7H14NNa3O9P2. The third-order valence-electron chi connectivity index (χ3n) is 2.08. The molecule has 0 heterocycles. The van der Waals surface area contributed by atoms with Gasteiger partial charge in [0.25, 0.3) is 0 Å². The van der Waals surface area contributed by atoms with Crippen molar-refractivity contribution in [2.45, 2.75) is 24.8 Å². The largest absolute Gasteiger partial charge is 1.00 e. The smallest absolute Gasteiger partial charge is 0.682 e. The molecule has 0 aromatic heterocycles. The molecule has 22 heavy (non-hydrogen) atoms. The first-order chi connectivity index (χ1) is 8.45. The summed E-state index contributed by atoms with van der Waals surface area (Å²) in [6, 6.07) is 0. The third kappa shape index (κ3) is 10.8. The molecule has 0 saturated heterocycles. The predicted molar refractivity (Wildman–Crippen MR) is 56.4 cm³/mol. The van der Waals surface area contributed by atoms with E-state index in [0.717, 1.165) is 0 Å². The van der Waals surface area contributed by atoms with Gasteiger partial charge in [0.05, 0.1) is 6.42 Å². The van der Waals surface area contributed by atoms with Gasteiger partial charge >= 0.3 is 102 Å². The molecule has 0 amide bonds. The van der Waals surface area contributed by atoms with Gasteiger partial charge in [0.2, 0.25) is 0 Å². The fourth-order valence-corrected chi connectivity index (χ4v) is 3.26. The second-order valence-electron chi connectivity index (χ2n) is 3.50. The van der Waals surface area contributed by atoms with Gasteiger partial charge in [0.1, 0.15) is 6.08 Å². The average Bonchev–Trinajstić information content (AvgIpc) is 2.21. The molecule has 15 heteroatoms. The average molecular weight is 387 g/mol. The van der Waals surface area contributed by atoms with E-state index in [1.807, 2.05) is 0 Å². The first kappa shape index (κ1) is 32.5. The SMILES string of the molecule is CCOC([O-])=NCCCC(O)([P+]([O-])([O-])[O-])[P+]([O-])(O)O.[Na+].[Na+].[Na+]. The molecule has 0 spiro atoms. The molecule has 0 aliphatic rings. The Kier molecular flexibility index (Phi) is 20.7. The van der Waals surface area contributed by atoms with Crippen LogP contribution in [0.15, 0.2) is 4.99 Å². The molecule has 0 rings (SSSR count). The summed E-state index contributed by atoms with van der Waals surface area (Å²) in [7, 11) is -11.5. The molecule has 114 valence electrons. The predicted octanol–water partition coefficient (Wildman–Crippen LogP) is -13.9. The molecule has 0 aliphatic carbocycles. The normalized spacial score (nSPS) is 14.8. The Bertz CT molecular complexity index is 309. The Morgan fingerprint density at radius 1 is 1.14 bits per heavy atom. The van der Waals surface area contributed by atoms with Crippen LogP contribution in [-0.2, 0) is 4.74 Å². The molecular weight excluding hydrogens is 373 g/mol. The summed E-state index contributed by atoms with van der Waals surface area (Å²) in [5.41, 5.74) is 0. The summed E-state index contributed by atoms with van der Waals surface area (Å²) in [5.74, 6) is 0. The Morgan fingerprint density at radius 2 is 1.59 bits per heavy atom. The van der Waals surface area contributed by atoms with E-state index in [2.05, 4.69) is 9.73 Å². The maximum atomic E-state index is 10.9. The summed E-state index contributed by atoms with van der Waals surface area (Å²) < 4.78 is 4.41. The van der Waals surface area contributed by atoms with E-state index >= 15 is 0 Å². The summed E-state index contributed by atoms with van der Waals surface area (Å²) in [4.78, 5) is 63.8. The Balaban J connectivity index is -0.000000540. The molecule has 0 radical (unpaired) electrons. The Morgan fingerprint density at radius 3 is 1.91 bits per heavy atom. The minimum Gasteiger partial charge on any atom is -0.682 e. The van der Waals surface area contributed by atoms with Gasteiger partial charge in [-0.15, -0.1) is 0 Å². The van der Waals surface area contributed by atoms with Crippen LogP contribution in [0.5, 0.6) is 0 Å². The van der Waals surface area contributed by atoms with Gasteiger partial charge in [-0.3, -0.25) is 4.99 Å². The van der Waals surface area contributed by atoms with Gasteiger partial charge < -0.3 is 34.5 Å². The van der Waals surface area contributed by atoms with Crippen molar-refractivity contribution in [3.63, 3.8) is 0 Å². The van der Waals surface area contributed by atoms with Crippen molar-refractivity contribution in [2.24, 2.45) is 4.99 Å². The summed E-state index contributed by atoms with van der Waals surface area (Å²) in [6.07, 6.45) is -2.37. The Labute approximate surface area is 195 Å². The van der Waals surface area contributed by atoms with E-state index in [4.69, 9.17) is 9.79 Å². The zero-order valence-corrected chi connectivity index (χ0v) is 20.8. The quantitative estimate of drug-likeness (QED) is 0.125.